The number of rotatable bonds is 5. The Morgan fingerprint density at radius 3 is 2.79 bits per heavy atom. The second-order valence-corrected chi connectivity index (χ2v) is 5.67. The Bertz CT molecular complexity index is 633. The van der Waals surface area contributed by atoms with Crippen LogP contribution >= 0.6 is 23.8 Å². The molecule has 0 aliphatic rings. The van der Waals surface area contributed by atoms with E-state index >= 15 is 0 Å². The van der Waals surface area contributed by atoms with Gasteiger partial charge < -0.3 is 14.5 Å². The Kier molecular flexibility index (Phi) is 4.60. The minimum Gasteiger partial charge on any atom is -0.330 e. The van der Waals surface area contributed by atoms with Crippen molar-refractivity contribution in [2.45, 2.75) is 19.4 Å². The molecule has 19 heavy (non-hydrogen) atoms. The average molecular weight is 302 g/mol. The zero-order valence-corrected chi connectivity index (χ0v) is 12.6. The van der Waals surface area contributed by atoms with Crippen molar-refractivity contribution in [2.24, 2.45) is 0 Å². The number of imidazole rings is 1. The molecule has 0 fully saturated rings. The molecule has 0 spiro atoms. The number of aryl methyl sites for hydroxylation is 1. The van der Waals surface area contributed by atoms with Crippen molar-refractivity contribution in [1.29, 1.82) is 0 Å². The first-order valence-electron chi connectivity index (χ1n) is 6.21. The largest absolute Gasteiger partial charge is 0.330 e. The van der Waals surface area contributed by atoms with E-state index < -0.39 is 5.82 Å². The molecule has 2 aromatic rings. The number of fused-ring (bicyclic) bond motifs is 1. The van der Waals surface area contributed by atoms with Crippen LogP contribution in [0.15, 0.2) is 12.1 Å². The molecule has 1 aromatic heterocycles. The van der Waals surface area contributed by atoms with E-state index in [9.17, 15) is 4.39 Å². The van der Waals surface area contributed by atoms with E-state index in [0.29, 0.717) is 10.3 Å². The Hall–Kier alpha value is -0.910. The number of unbranched alkanes of at least 4 members (excludes halogenated alkanes) is 1. The molecule has 3 nitrogen and oxygen atoms in total. The van der Waals surface area contributed by atoms with Crippen molar-refractivity contribution in [1.82, 2.24) is 14.5 Å². The van der Waals surface area contributed by atoms with Gasteiger partial charge in [0.05, 0.1) is 16.1 Å². The molecule has 0 saturated heterocycles. The summed E-state index contributed by atoms with van der Waals surface area (Å²) < 4.78 is 16.0. The van der Waals surface area contributed by atoms with Crippen LogP contribution in [0.4, 0.5) is 4.39 Å². The minimum atomic E-state index is -0.426. The molecule has 0 unspecified atom stereocenters. The lowest BCUT2D eigenvalue weighted by molar-refractivity contribution is 0.388. The first kappa shape index (κ1) is 14.5. The number of halogens is 2. The molecule has 0 amide bonds. The molecule has 6 heteroatoms. The summed E-state index contributed by atoms with van der Waals surface area (Å²) in [6, 6.07) is 3.02. The fraction of sp³-hybridized carbons (Fsp3) is 0.462. The molecule has 0 aliphatic heterocycles. The molecular weight excluding hydrogens is 285 g/mol. The van der Waals surface area contributed by atoms with Crippen LogP contribution in [0.3, 0.4) is 0 Å². The van der Waals surface area contributed by atoms with Gasteiger partial charge in [0, 0.05) is 12.6 Å². The Morgan fingerprint density at radius 2 is 2.11 bits per heavy atom. The molecule has 0 bridgehead atoms. The van der Waals surface area contributed by atoms with Crippen molar-refractivity contribution in [3.63, 3.8) is 0 Å². The highest BCUT2D eigenvalue weighted by Gasteiger charge is 2.08. The summed E-state index contributed by atoms with van der Waals surface area (Å²) in [5, 5.41) is 0.128. The molecule has 0 radical (unpaired) electrons. The lowest BCUT2D eigenvalue weighted by atomic mass is 10.2. The lowest BCUT2D eigenvalue weighted by Gasteiger charge is -2.09. The molecule has 2 rings (SSSR count). The van der Waals surface area contributed by atoms with Gasteiger partial charge in [-0.2, -0.15) is 0 Å². The highest BCUT2D eigenvalue weighted by Crippen LogP contribution is 2.23. The highest BCUT2D eigenvalue weighted by atomic mass is 35.5. The number of hydrogen-bond acceptors (Lipinski definition) is 2. The van der Waals surface area contributed by atoms with Crippen LogP contribution in [0.5, 0.6) is 0 Å². The Balaban J connectivity index is 2.20. The van der Waals surface area contributed by atoms with E-state index in [1.165, 1.54) is 6.07 Å². The maximum atomic E-state index is 13.4. The third kappa shape index (κ3) is 3.35. The standard InChI is InChI=1S/C13H17ClFN3S/c1-17(2)5-3-4-6-18-12-7-9(14)10(15)8-11(12)16-13(18)19/h7-8H,3-6H2,1-2H3,(H,16,19). The summed E-state index contributed by atoms with van der Waals surface area (Å²) in [6.45, 7) is 1.86. The average Bonchev–Trinajstić information content (AvgIpc) is 2.61. The smallest absolute Gasteiger partial charge is 0.178 e. The fourth-order valence-electron chi connectivity index (χ4n) is 2.07. The van der Waals surface area contributed by atoms with Crippen molar-refractivity contribution in [3.8, 4) is 0 Å². The molecular formula is C13H17ClFN3S. The predicted molar refractivity (Wildman–Crippen MR) is 79.9 cm³/mol. The van der Waals surface area contributed by atoms with Crippen LogP contribution in [-0.2, 0) is 6.54 Å². The van der Waals surface area contributed by atoms with Gasteiger partial charge in [0.1, 0.15) is 5.82 Å². The quantitative estimate of drug-likeness (QED) is 0.670. The van der Waals surface area contributed by atoms with Crippen LogP contribution < -0.4 is 0 Å². The maximum absolute atomic E-state index is 13.4. The number of benzene rings is 1. The molecule has 1 heterocycles. The third-order valence-corrected chi connectivity index (χ3v) is 3.67. The van der Waals surface area contributed by atoms with Crippen molar-refractivity contribution in [3.05, 3.63) is 27.7 Å². The second-order valence-electron chi connectivity index (χ2n) is 4.88. The topological polar surface area (TPSA) is 24.0 Å². The van der Waals surface area contributed by atoms with Gasteiger partial charge in [-0.15, -0.1) is 0 Å². The second kappa shape index (κ2) is 6.03. The molecule has 104 valence electrons. The normalized spacial score (nSPS) is 11.6. The number of nitrogens with one attached hydrogen (secondary N) is 1. The van der Waals surface area contributed by atoms with E-state index in [1.54, 1.807) is 6.07 Å². The van der Waals surface area contributed by atoms with Gasteiger partial charge >= 0.3 is 0 Å². The van der Waals surface area contributed by atoms with E-state index in [4.69, 9.17) is 23.8 Å². The third-order valence-electron chi connectivity index (χ3n) is 3.05. The number of hydrogen-bond donors (Lipinski definition) is 1. The van der Waals surface area contributed by atoms with E-state index in [1.807, 2.05) is 4.57 Å². The number of aromatic amines is 1. The molecule has 0 atom stereocenters. The van der Waals surface area contributed by atoms with Gasteiger partial charge in [-0.05, 0) is 51.8 Å². The zero-order valence-electron chi connectivity index (χ0n) is 11.0. The van der Waals surface area contributed by atoms with E-state index in [-0.39, 0.29) is 5.02 Å². The van der Waals surface area contributed by atoms with Crippen molar-refractivity contribution < 1.29 is 4.39 Å². The van der Waals surface area contributed by atoms with Gasteiger partial charge in [-0.25, -0.2) is 4.39 Å². The monoisotopic (exact) mass is 301 g/mol. The Morgan fingerprint density at radius 1 is 1.37 bits per heavy atom. The van der Waals surface area contributed by atoms with Gasteiger partial charge in [0.25, 0.3) is 0 Å². The number of aromatic nitrogens is 2. The summed E-state index contributed by atoms with van der Waals surface area (Å²) in [5.41, 5.74) is 1.56. The lowest BCUT2D eigenvalue weighted by Crippen LogP contribution is -2.13. The van der Waals surface area contributed by atoms with Crippen LogP contribution in [0.25, 0.3) is 11.0 Å². The Labute approximate surface area is 122 Å². The van der Waals surface area contributed by atoms with Crippen molar-refractivity contribution >= 4 is 34.9 Å². The summed E-state index contributed by atoms with van der Waals surface area (Å²) in [7, 11) is 4.11. The minimum absolute atomic E-state index is 0.128. The van der Waals surface area contributed by atoms with Crippen LogP contribution in [-0.4, -0.2) is 35.1 Å². The molecule has 1 N–H and O–H groups in total. The summed E-state index contributed by atoms with van der Waals surface area (Å²) in [5.74, 6) is -0.426. The zero-order chi connectivity index (χ0) is 14.0. The van der Waals surface area contributed by atoms with Crippen LogP contribution in [0.2, 0.25) is 5.02 Å². The van der Waals surface area contributed by atoms with Gasteiger partial charge in [-0.1, -0.05) is 11.6 Å². The van der Waals surface area contributed by atoms with Gasteiger partial charge in [0.2, 0.25) is 0 Å². The number of nitrogens with zero attached hydrogens (tertiary/aromatic N) is 2. The van der Waals surface area contributed by atoms with Crippen molar-refractivity contribution in [2.75, 3.05) is 20.6 Å². The van der Waals surface area contributed by atoms with Crippen LogP contribution in [0.1, 0.15) is 12.8 Å². The SMILES string of the molecule is CN(C)CCCCn1c(=S)[nH]c2cc(F)c(Cl)cc21. The number of H-pyrrole nitrogens is 1. The fourth-order valence-corrected chi connectivity index (χ4v) is 2.53. The summed E-state index contributed by atoms with van der Waals surface area (Å²) in [6.07, 6.45) is 2.12. The first-order chi connectivity index (χ1) is 8.99. The van der Waals surface area contributed by atoms with Gasteiger partial charge in [-0.3, -0.25) is 0 Å². The van der Waals surface area contributed by atoms with E-state index in [2.05, 4.69) is 24.0 Å². The summed E-state index contributed by atoms with van der Waals surface area (Å²) in [4.78, 5) is 5.17. The first-order valence-corrected chi connectivity index (χ1v) is 7.00. The predicted octanol–water partition coefficient (Wildman–Crippen LogP) is 3.83. The molecule has 0 saturated carbocycles. The summed E-state index contributed by atoms with van der Waals surface area (Å²) >= 11 is 11.1. The van der Waals surface area contributed by atoms with Gasteiger partial charge in [0.15, 0.2) is 4.77 Å². The molecule has 0 aliphatic carbocycles. The molecule has 1 aromatic carbocycles. The maximum Gasteiger partial charge on any atom is 0.178 e. The highest BCUT2D eigenvalue weighted by molar-refractivity contribution is 7.71. The van der Waals surface area contributed by atoms with Crippen LogP contribution in [0, 0.1) is 10.6 Å². The van der Waals surface area contributed by atoms with E-state index in [0.717, 1.165) is 31.4 Å².